The van der Waals surface area contributed by atoms with Crippen LogP contribution in [0.5, 0.6) is 0 Å². The Morgan fingerprint density at radius 3 is 2.50 bits per heavy atom. The van der Waals surface area contributed by atoms with Crippen molar-refractivity contribution in [3.63, 3.8) is 0 Å². The SMILES string of the molecule is Cc1ccc(-c2ccccc2CC2(C(=O)NCCc3ccncc3)CCOCC2)c(C)c1. The molecular weight excluding hydrogens is 396 g/mol. The molecule has 32 heavy (non-hydrogen) atoms. The molecule has 0 atom stereocenters. The van der Waals surface area contributed by atoms with E-state index in [1.165, 1.54) is 33.4 Å². The summed E-state index contributed by atoms with van der Waals surface area (Å²) in [6.07, 6.45) is 6.60. The number of rotatable bonds is 7. The van der Waals surface area contributed by atoms with Gasteiger partial charge in [-0.05, 0) is 79.5 Å². The van der Waals surface area contributed by atoms with Crippen LogP contribution in [0.15, 0.2) is 67.0 Å². The summed E-state index contributed by atoms with van der Waals surface area (Å²) in [5.74, 6) is 0.144. The number of hydrogen-bond acceptors (Lipinski definition) is 3. The Kier molecular flexibility index (Phi) is 7.01. The summed E-state index contributed by atoms with van der Waals surface area (Å²) in [7, 11) is 0. The molecule has 4 heteroatoms. The number of benzene rings is 2. The van der Waals surface area contributed by atoms with Gasteiger partial charge < -0.3 is 10.1 Å². The first-order chi connectivity index (χ1) is 15.6. The minimum absolute atomic E-state index is 0.144. The van der Waals surface area contributed by atoms with Crippen molar-refractivity contribution in [3.8, 4) is 11.1 Å². The Morgan fingerprint density at radius 1 is 1.00 bits per heavy atom. The van der Waals surface area contributed by atoms with E-state index in [1.807, 2.05) is 12.1 Å². The highest BCUT2D eigenvalue weighted by molar-refractivity contribution is 5.84. The van der Waals surface area contributed by atoms with Crippen LogP contribution >= 0.6 is 0 Å². The number of ether oxygens (including phenoxy) is 1. The minimum atomic E-state index is -0.439. The van der Waals surface area contributed by atoms with Gasteiger partial charge in [0.25, 0.3) is 0 Å². The van der Waals surface area contributed by atoms with Crippen LogP contribution < -0.4 is 5.32 Å². The number of carbonyl (C=O) groups is 1. The van der Waals surface area contributed by atoms with Gasteiger partial charge in [-0.25, -0.2) is 0 Å². The van der Waals surface area contributed by atoms with E-state index in [1.54, 1.807) is 12.4 Å². The number of pyridine rings is 1. The first kappa shape index (κ1) is 22.2. The zero-order valence-corrected chi connectivity index (χ0v) is 19.1. The van der Waals surface area contributed by atoms with Crippen molar-refractivity contribution in [2.24, 2.45) is 5.41 Å². The maximum Gasteiger partial charge on any atom is 0.226 e. The van der Waals surface area contributed by atoms with E-state index >= 15 is 0 Å². The van der Waals surface area contributed by atoms with Gasteiger partial charge in [0.2, 0.25) is 5.91 Å². The van der Waals surface area contributed by atoms with Gasteiger partial charge in [-0.1, -0.05) is 48.0 Å². The number of nitrogens with one attached hydrogen (secondary N) is 1. The molecule has 0 radical (unpaired) electrons. The van der Waals surface area contributed by atoms with Crippen LogP contribution in [-0.2, 0) is 22.4 Å². The quantitative estimate of drug-likeness (QED) is 0.572. The summed E-state index contributed by atoms with van der Waals surface area (Å²) in [4.78, 5) is 17.6. The minimum Gasteiger partial charge on any atom is -0.381 e. The third-order valence-corrected chi connectivity index (χ3v) is 6.60. The predicted molar refractivity (Wildman–Crippen MR) is 128 cm³/mol. The van der Waals surface area contributed by atoms with Gasteiger partial charge in [-0.2, -0.15) is 0 Å². The summed E-state index contributed by atoms with van der Waals surface area (Å²) in [6.45, 7) is 6.17. The molecule has 4 rings (SSSR count). The largest absolute Gasteiger partial charge is 0.381 e. The first-order valence-corrected chi connectivity index (χ1v) is 11.5. The van der Waals surface area contributed by atoms with Crippen molar-refractivity contribution >= 4 is 5.91 Å². The van der Waals surface area contributed by atoms with Gasteiger partial charge in [0.05, 0.1) is 5.41 Å². The summed E-state index contributed by atoms with van der Waals surface area (Å²) in [5, 5.41) is 3.23. The molecule has 2 aromatic carbocycles. The van der Waals surface area contributed by atoms with Gasteiger partial charge >= 0.3 is 0 Å². The van der Waals surface area contributed by atoms with Gasteiger partial charge in [-0.3, -0.25) is 9.78 Å². The van der Waals surface area contributed by atoms with Crippen LogP contribution in [0.2, 0.25) is 0 Å². The second-order valence-electron chi connectivity index (χ2n) is 8.91. The van der Waals surface area contributed by atoms with Crippen molar-refractivity contribution in [3.05, 3.63) is 89.2 Å². The number of hydrogen-bond donors (Lipinski definition) is 1. The molecule has 166 valence electrons. The molecule has 0 aliphatic carbocycles. The summed E-state index contributed by atoms with van der Waals surface area (Å²) >= 11 is 0. The fourth-order valence-corrected chi connectivity index (χ4v) is 4.72. The third-order valence-electron chi connectivity index (χ3n) is 6.60. The van der Waals surface area contributed by atoms with Gasteiger partial charge in [0, 0.05) is 32.2 Å². The van der Waals surface area contributed by atoms with Crippen LogP contribution in [0.25, 0.3) is 11.1 Å². The second kappa shape index (κ2) is 10.1. The summed E-state index contributed by atoms with van der Waals surface area (Å²) in [5.41, 5.74) is 6.96. The van der Waals surface area contributed by atoms with Crippen molar-refractivity contribution in [2.45, 2.75) is 39.5 Å². The molecule has 3 aromatic rings. The molecule has 0 bridgehead atoms. The maximum absolute atomic E-state index is 13.5. The normalized spacial score (nSPS) is 15.3. The van der Waals surface area contributed by atoms with E-state index in [9.17, 15) is 4.79 Å². The van der Waals surface area contributed by atoms with Crippen molar-refractivity contribution in [1.82, 2.24) is 10.3 Å². The van der Waals surface area contributed by atoms with Gasteiger partial charge in [-0.15, -0.1) is 0 Å². The molecular formula is C28H32N2O2. The zero-order chi connectivity index (χ0) is 22.4. The molecule has 0 saturated carbocycles. The summed E-state index contributed by atoms with van der Waals surface area (Å²) < 4.78 is 5.65. The van der Waals surface area contributed by atoms with Crippen LogP contribution in [0.4, 0.5) is 0 Å². The Bertz CT molecular complexity index is 1060. The predicted octanol–water partition coefficient (Wildman–Crippen LogP) is 5.06. The van der Waals surface area contributed by atoms with Crippen LogP contribution in [0.1, 0.15) is 35.1 Å². The van der Waals surface area contributed by atoms with Crippen LogP contribution in [-0.4, -0.2) is 30.6 Å². The lowest BCUT2D eigenvalue weighted by molar-refractivity contribution is -0.136. The fourth-order valence-electron chi connectivity index (χ4n) is 4.72. The average molecular weight is 429 g/mol. The Hall–Kier alpha value is -2.98. The lowest BCUT2D eigenvalue weighted by atomic mass is 9.73. The Labute approximate surface area is 191 Å². The van der Waals surface area contributed by atoms with Crippen molar-refractivity contribution in [1.29, 1.82) is 0 Å². The summed E-state index contributed by atoms with van der Waals surface area (Å²) in [6, 6.07) is 19.1. The Morgan fingerprint density at radius 2 is 1.75 bits per heavy atom. The molecule has 1 saturated heterocycles. The smallest absolute Gasteiger partial charge is 0.226 e. The number of carbonyl (C=O) groups excluding carboxylic acids is 1. The maximum atomic E-state index is 13.5. The van der Waals surface area contributed by atoms with E-state index in [4.69, 9.17) is 4.74 Å². The second-order valence-corrected chi connectivity index (χ2v) is 8.91. The zero-order valence-electron chi connectivity index (χ0n) is 19.1. The van der Waals surface area contributed by atoms with Gasteiger partial charge in [0.1, 0.15) is 0 Å². The van der Waals surface area contributed by atoms with E-state index < -0.39 is 5.41 Å². The fraction of sp³-hybridized carbons (Fsp3) is 0.357. The topological polar surface area (TPSA) is 51.2 Å². The first-order valence-electron chi connectivity index (χ1n) is 11.5. The molecule has 0 spiro atoms. The lowest BCUT2D eigenvalue weighted by Gasteiger charge is -2.36. The number of aryl methyl sites for hydroxylation is 2. The number of aromatic nitrogens is 1. The molecule has 2 heterocycles. The number of nitrogens with zero attached hydrogens (tertiary/aromatic N) is 1. The highest BCUT2D eigenvalue weighted by Crippen LogP contribution is 2.38. The molecule has 4 nitrogen and oxygen atoms in total. The van der Waals surface area contributed by atoms with Crippen LogP contribution in [0.3, 0.4) is 0 Å². The lowest BCUT2D eigenvalue weighted by Crippen LogP contribution is -2.46. The molecule has 1 aliphatic heterocycles. The monoisotopic (exact) mass is 428 g/mol. The molecule has 1 N–H and O–H groups in total. The molecule has 1 aliphatic rings. The van der Waals surface area contributed by atoms with E-state index in [2.05, 4.69) is 66.6 Å². The highest BCUT2D eigenvalue weighted by Gasteiger charge is 2.40. The van der Waals surface area contributed by atoms with E-state index in [0.29, 0.717) is 19.8 Å². The van der Waals surface area contributed by atoms with Crippen molar-refractivity contribution in [2.75, 3.05) is 19.8 Å². The average Bonchev–Trinajstić information content (AvgIpc) is 2.81. The molecule has 0 unspecified atom stereocenters. The number of amides is 1. The van der Waals surface area contributed by atoms with Crippen molar-refractivity contribution < 1.29 is 9.53 Å². The molecule has 1 fully saturated rings. The van der Waals surface area contributed by atoms with E-state index in [0.717, 1.165) is 25.7 Å². The van der Waals surface area contributed by atoms with E-state index in [-0.39, 0.29) is 5.91 Å². The van der Waals surface area contributed by atoms with Gasteiger partial charge in [0.15, 0.2) is 0 Å². The highest BCUT2D eigenvalue weighted by atomic mass is 16.5. The third kappa shape index (κ3) is 5.08. The Balaban J connectivity index is 1.56. The van der Waals surface area contributed by atoms with Crippen LogP contribution in [0, 0.1) is 19.3 Å². The molecule has 1 aromatic heterocycles. The standard InChI is InChI=1S/C28H32N2O2/c1-21-7-8-25(22(2)19-21)26-6-4-3-5-24(26)20-28(12-17-32-18-13-28)27(31)30-16-11-23-9-14-29-15-10-23/h3-10,14-15,19H,11-13,16-18,20H2,1-2H3,(H,30,31). The molecule has 1 amide bonds.